The Morgan fingerprint density at radius 1 is 1.12 bits per heavy atom. The molecule has 0 bridgehead atoms. The highest BCUT2D eigenvalue weighted by Crippen LogP contribution is 2.30. The first-order valence-electron chi connectivity index (χ1n) is 8.51. The lowest BCUT2D eigenvalue weighted by Crippen LogP contribution is -2.23. The second-order valence-electron chi connectivity index (χ2n) is 6.34. The van der Waals surface area contributed by atoms with Gasteiger partial charge in [0.25, 0.3) is 5.91 Å². The topological polar surface area (TPSA) is 52.5 Å². The van der Waals surface area contributed by atoms with Crippen molar-refractivity contribution in [2.24, 2.45) is 7.05 Å². The van der Waals surface area contributed by atoms with Crippen LogP contribution in [0.15, 0.2) is 36.4 Å². The molecule has 3 rings (SSSR count). The molecule has 0 atom stereocenters. The van der Waals surface area contributed by atoms with Crippen LogP contribution in [0, 0.1) is 13.8 Å². The van der Waals surface area contributed by atoms with Crippen molar-refractivity contribution in [1.29, 1.82) is 0 Å². The van der Waals surface area contributed by atoms with Gasteiger partial charge in [-0.1, -0.05) is 12.1 Å². The minimum atomic E-state index is -0.113. The molecule has 5 nitrogen and oxygen atoms in total. The molecule has 0 unspecified atom stereocenters. The van der Waals surface area contributed by atoms with Crippen LogP contribution in [-0.4, -0.2) is 24.7 Å². The van der Waals surface area contributed by atoms with Crippen LogP contribution in [0.2, 0.25) is 0 Å². The fraction of sp³-hybridized carbons (Fsp3) is 0.286. The molecule has 26 heavy (non-hydrogen) atoms. The van der Waals surface area contributed by atoms with Crippen LogP contribution in [0.1, 0.15) is 27.2 Å². The lowest BCUT2D eigenvalue weighted by molar-refractivity contribution is 0.0950. The van der Waals surface area contributed by atoms with Crippen LogP contribution in [0.5, 0.6) is 11.5 Å². The van der Waals surface area contributed by atoms with Crippen molar-refractivity contribution >= 4 is 16.8 Å². The van der Waals surface area contributed by atoms with Crippen LogP contribution >= 0.6 is 0 Å². The summed E-state index contributed by atoms with van der Waals surface area (Å²) in [4.78, 5) is 12.6. The molecule has 3 aromatic rings. The Morgan fingerprint density at radius 2 is 1.88 bits per heavy atom. The van der Waals surface area contributed by atoms with E-state index in [4.69, 9.17) is 9.47 Å². The number of aryl methyl sites for hydroxylation is 2. The van der Waals surface area contributed by atoms with Gasteiger partial charge in [-0.25, -0.2) is 0 Å². The number of hydrogen-bond donors (Lipinski definition) is 1. The number of amides is 1. The maximum Gasteiger partial charge on any atom is 0.251 e. The molecule has 5 heteroatoms. The smallest absolute Gasteiger partial charge is 0.251 e. The van der Waals surface area contributed by atoms with E-state index in [0.717, 1.165) is 16.5 Å². The standard InChI is InChI=1S/C21H24N2O3/c1-13-14(2)23(3)18-10-9-15(11-17(13)18)21(24)22-12-16-7-6-8-19(25-4)20(16)26-5/h6-11H,12H2,1-5H3,(H,22,24). The number of benzene rings is 2. The average Bonchev–Trinajstić information content (AvgIpc) is 2.89. The van der Waals surface area contributed by atoms with E-state index in [2.05, 4.69) is 23.7 Å². The molecule has 1 aromatic heterocycles. The van der Waals surface area contributed by atoms with Gasteiger partial charge in [-0.05, 0) is 43.7 Å². The third kappa shape index (κ3) is 3.01. The Bertz CT molecular complexity index is 973. The number of nitrogens with one attached hydrogen (secondary N) is 1. The molecule has 1 amide bonds. The number of nitrogens with zero attached hydrogens (tertiary/aromatic N) is 1. The summed E-state index contributed by atoms with van der Waals surface area (Å²) in [5.74, 6) is 1.18. The SMILES string of the molecule is COc1cccc(CNC(=O)c2ccc3c(c2)c(C)c(C)n3C)c1OC. The number of ether oxygens (including phenoxy) is 2. The number of hydrogen-bond acceptors (Lipinski definition) is 3. The number of carbonyl (C=O) groups is 1. The van der Waals surface area contributed by atoms with Gasteiger partial charge in [-0.2, -0.15) is 0 Å². The number of rotatable bonds is 5. The number of methoxy groups -OCH3 is 2. The van der Waals surface area contributed by atoms with Crippen molar-refractivity contribution < 1.29 is 14.3 Å². The maximum absolute atomic E-state index is 12.6. The third-order valence-electron chi connectivity index (χ3n) is 4.99. The predicted octanol–water partition coefficient (Wildman–Crippen LogP) is 3.74. The normalized spacial score (nSPS) is 10.8. The van der Waals surface area contributed by atoms with Crippen LogP contribution < -0.4 is 14.8 Å². The quantitative estimate of drug-likeness (QED) is 0.761. The Kier molecular flexibility index (Phi) is 4.89. The number of para-hydroxylation sites is 1. The molecular weight excluding hydrogens is 328 g/mol. The Balaban J connectivity index is 1.83. The maximum atomic E-state index is 12.6. The summed E-state index contributed by atoms with van der Waals surface area (Å²) in [7, 11) is 5.23. The van der Waals surface area contributed by atoms with E-state index in [1.165, 1.54) is 11.3 Å². The zero-order valence-corrected chi connectivity index (χ0v) is 15.8. The van der Waals surface area contributed by atoms with E-state index in [0.29, 0.717) is 23.6 Å². The van der Waals surface area contributed by atoms with Gasteiger partial charge in [-0.3, -0.25) is 4.79 Å². The number of aromatic nitrogens is 1. The van der Waals surface area contributed by atoms with Crippen molar-refractivity contribution in [3.8, 4) is 11.5 Å². The fourth-order valence-corrected chi connectivity index (χ4v) is 3.27. The van der Waals surface area contributed by atoms with Crippen molar-refractivity contribution in [1.82, 2.24) is 9.88 Å². The first kappa shape index (κ1) is 17.9. The molecule has 0 saturated heterocycles. The molecule has 0 fully saturated rings. The number of fused-ring (bicyclic) bond motifs is 1. The Hall–Kier alpha value is -2.95. The molecule has 0 aliphatic rings. The first-order chi connectivity index (χ1) is 12.5. The van der Waals surface area contributed by atoms with Gasteiger partial charge in [0, 0.05) is 41.3 Å². The van der Waals surface area contributed by atoms with Gasteiger partial charge in [0.2, 0.25) is 0 Å². The molecule has 0 radical (unpaired) electrons. The molecule has 0 aliphatic heterocycles. The average molecular weight is 352 g/mol. The fourth-order valence-electron chi connectivity index (χ4n) is 3.27. The number of carbonyl (C=O) groups excluding carboxylic acids is 1. The summed E-state index contributed by atoms with van der Waals surface area (Å²) in [6, 6.07) is 11.4. The van der Waals surface area contributed by atoms with Crippen molar-refractivity contribution in [2.75, 3.05) is 14.2 Å². The highest BCUT2D eigenvalue weighted by atomic mass is 16.5. The Morgan fingerprint density at radius 3 is 2.58 bits per heavy atom. The van der Waals surface area contributed by atoms with Crippen molar-refractivity contribution in [3.63, 3.8) is 0 Å². The molecule has 0 saturated carbocycles. The lowest BCUT2D eigenvalue weighted by atomic mass is 10.1. The van der Waals surface area contributed by atoms with Crippen molar-refractivity contribution in [2.45, 2.75) is 20.4 Å². The van der Waals surface area contributed by atoms with E-state index in [1.807, 2.05) is 43.4 Å². The monoisotopic (exact) mass is 352 g/mol. The molecule has 136 valence electrons. The summed E-state index contributed by atoms with van der Waals surface area (Å²) in [5.41, 5.74) is 5.05. The van der Waals surface area contributed by atoms with Gasteiger partial charge in [-0.15, -0.1) is 0 Å². The van der Waals surface area contributed by atoms with E-state index in [9.17, 15) is 4.79 Å². The molecule has 1 heterocycles. The second kappa shape index (κ2) is 7.12. The van der Waals surface area contributed by atoms with Gasteiger partial charge in [0.1, 0.15) is 0 Å². The largest absolute Gasteiger partial charge is 0.493 e. The molecule has 0 spiro atoms. The van der Waals surface area contributed by atoms with E-state index >= 15 is 0 Å². The van der Waals surface area contributed by atoms with Crippen molar-refractivity contribution in [3.05, 3.63) is 58.8 Å². The van der Waals surface area contributed by atoms with E-state index in [-0.39, 0.29) is 5.91 Å². The summed E-state index contributed by atoms with van der Waals surface area (Å²) in [6.07, 6.45) is 0. The summed E-state index contributed by atoms with van der Waals surface area (Å²) >= 11 is 0. The predicted molar refractivity (Wildman–Crippen MR) is 103 cm³/mol. The molecule has 1 N–H and O–H groups in total. The van der Waals surface area contributed by atoms with Gasteiger partial charge in [0.15, 0.2) is 11.5 Å². The summed E-state index contributed by atoms with van der Waals surface area (Å²) in [6.45, 7) is 4.54. The first-order valence-corrected chi connectivity index (χ1v) is 8.51. The van der Waals surface area contributed by atoms with Gasteiger partial charge < -0.3 is 19.4 Å². The zero-order valence-electron chi connectivity index (χ0n) is 15.8. The lowest BCUT2D eigenvalue weighted by Gasteiger charge is -2.13. The molecule has 0 aliphatic carbocycles. The highest BCUT2D eigenvalue weighted by molar-refractivity contribution is 5.99. The minimum absolute atomic E-state index is 0.113. The van der Waals surface area contributed by atoms with Crippen LogP contribution in [0.4, 0.5) is 0 Å². The minimum Gasteiger partial charge on any atom is -0.493 e. The molecular formula is C21H24N2O3. The van der Waals surface area contributed by atoms with E-state index in [1.54, 1.807) is 14.2 Å². The van der Waals surface area contributed by atoms with Gasteiger partial charge >= 0.3 is 0 Å². The molecule has 2 aromatic carbocycles. The third-order valence-corrected chi connectivity index (χ3v) is 4.99. The Labute approximate surface area is 153 Å². The van der Waals surface area contributed by atoms with E-state index < -0.39 is 0 Å². The van der Waals surface area contributed by atoms with Crippen LogP contribution in [0.3, 0.4) is 0 Å². The summed E-state index contributed by atoms with van der Waals surface area (Å²) in [5, 5.41) is 4.07. The highest BCUT2D eigenvalue weighted by Gasteiger charge is 2.14. The van der Waals surface area contributed by atoms with Gasteiger partial charge in [0.05, 0.1) is 14.2 Å². The van der Waals surface area contributed by atoms with Crippen LogP contribution in [0.25, 0.3) is 10.9 Å². The zero-order chi connectivity index (χ0) is 18.8. The summed E-state index contributed by atoms with van der Waals surface area (Å²) < 4.78 is 12.9. The van der Waals surface area contributed by atoms with Crippen LogP contribution in [-0.2, 0) is 13.6 Å². The second-order valence-corrected chi connectivity index (χ2v) is 6.34.